The second-order valence-corrected chi connectivity index (χ2v) is 10.2. The molecular formula is C27H30FN5O5. The number of ether oxygens (including phenoxy) is 2. The van der Waals surface area contributed by atoms with E-state index in [1.807, 2.05) is 12.1 Å². The Morgan fingerprint density at radius 1 is 1.03 bits per heavy atom. The molecule has 3 aromatic rings. The van der Waals surface area contributed by atoms with Crippen LogP contribution in [0.1, 0.15) is 30.0 Å². The number of nitrogens with one attached hydrogen (secondary N) is 2. The van der Waals surface area contributed by atoms with Gasteiger partial charge in [0.2, 0.25) is 5.91 Å². The van der Waals surface area contributed by atoms with Crippen LogP contribution in [0.15, 0.2) is 41.2 Å². The van der Waals surface area contributed by atoms with Crippen LogP contribution < -0.4 is 15.6 Å². The Hall–Kier alpha value is -3.54. The van der Waals surface area contributed by atoms with Crippen molar-refractivity contribution in [2.45, 2.75) is 38.1 Å². The average molecular weight is 524 g/mol. The molecule has 2 amide bonds. The number of likely N-dealkylation sites (tertiary alicyclic amines) is 1. The molecule has 0 aliphatic carbocycles. The average Bonchev–Trinajstić information content (AvgIpc) is 3.21. The summed E-state index contributed by atoms with van der Waals surface area (Å²) in [5.74, 6) is -1.37. The molecule has 1 atom stereocenters. The van der Waals surface area contributed by atoms with E-state index < -0.39 is 23.3 Å². The first kappa shape index (κ1) is 24.8. The standard InChI is InChI=1S/C27H30FN5O5/c28-19-11-21-25(30-33(27(21)36)22-5-6-24(34)29-26(22)35)23(12-19)38-16-18-3-1-17(2-4-18)13-31-14-20(15-31)32-7-9-37-10-8-32/h1-4,11-12,20,22,30H,5-10,13-16H2,(H,29,34,35). The van der Waals surface area contributed by atoms with Gasteiger partial charge in [-0.1, -0.05) is 24.3 Å². The second kappa shape index (κ2) is 10.3. The van der Waals surface area contributed by atoms with Gasteiger partial charge in [0.05, 0.1) is 18.6 Å². The Balaban J connectivity index is 1.10. The van der Waals surface area contributed by atoms with Crippen LogP contribution in [-0.4, -0.2) is 76.8 Å². The van der Waals surface area contributed by atoms with Crippen molar-refractivity contribution in [3.63, 3.8) is 0 Å². The summed E-state index contributed by atoms with van der Waals surface area (Å²) in [4.78, 5) is 41.6. The number of morpholine rings is 1. The largest absolute Gasteiger partial charge is 0.487 e. The summed E-state index contributed by atoms with van der Waals surface area (Å²) in [5, 5.41) is 5.23. The molecule has 4 heterocycles. The zero-order valence-electron chi connectivity index (χ0n) is 21.0. The fourth-order valence-corrected chi connectivity index (χ4v) is 5.43. The Morgan fingerprint density at radius 2 is 1.76 bits per heavy atom. The number of aromatic nitrogens is 2. The summed E-state index contributed by atoms with van der Waals surface area (Å²) in [6.07, 6.45) is 0.311. The van der Waals surface area contributed by atoms with Gasteiger partial charge >= 0.3 is 0 Å². The van der Waals surface area contributed by atoms with Crippen molar-refractivity contribution in [2.24, 2.45) is 0 Å². The van der Waals surface area contributed by atoms with Crippen molar-refractivity contribution in [1.82, 2.24) is 24.9 Å². The van der Waals surface area contributed by atoms with E-state index in [2.05, 4.69) is 32.3 Å². The van der Waals surface area contributed by atoms with Gasteiger partial charge in [0.15, 0.2) is 0 Å². The molecule has 0 saturated carbocycles. The van der Waals surface area contributed by atoms with E-state index in [9.17, 15) is 18.8 Å². The molecule has 6 rings (SSSR count). The number of carbonyl (C=O) groups is 2. The Bertz CT molecular complexity index is 1410. The Morgan fingerprint density at radius 3 is 2.50 bits per heavy atom. The Labute approximate surface area is 218 Å². The maximum absolute atomic E-state index is 14.4. The highest BCUT2D eigenvalue weighted by Gasteiger charge is 2.32. The number of fused-ring (bicyclic) bond motifs is 1. The molecule has 38 heavy (non-hydrogen) atoms. The smallest absolute Gasteiger partial charge is 0.275 e. The lowest BCUT2D eigenvalue weighted by Crippen LogP contribution is -2.60. The molecule has 0 bridgehead atoms. The van der Waals surface area contributed by atoms with Gasteiger partial charge in [0, 0.05) is 51.3 Å². The monoisotopic (exact) mass is 523 g/mol. The van der Waals surface area contributed by atoms with Crippen molar-refractivity contribution in [3.8, 4) is 5.75 Å². The topological polar surface area (TPSA) is 109 Å². The van der Waals surface area contributed by atoms with Crippen LogP contribution in [-0.2, 0) is 27.5 Å². The first-order valence-electron chi connectivity index (χ1n) is 13.0. The van der Waals surface area contributed by atoms with Gasteiger partial charge in [0.25, 0.3) is 11.5 Å². The van der Waals surface area contributed by atoms with E-state index >= 15 is 0 Å². The predicted octanol–water partition coefficient (Wildman–Crippen LogP) is 1.54. The van der Waals surface area contributed by atoms with Crippen molar-refractivity contribution in [3.05, 3.63) is 63.7 Å². The van der Waals surface area contributed by atoms with Crippen molar-refractivity contribution >= 4 is 22.7 Å². The van der Waals surface area contributed by atoms with Crippen LogP contribution >= 0.6 is 0 Å². The number of halogens is 1. The molecule has 3 saturated heterocycles. The quantitative estimate of drug-likeness (QED) is 0.453. The minimum absolute atomic E-state index is 0.0879. The van der Waals surface area contributed by atoms with Gasteiger partial charge in [-0.15, -0.1) is 0 Å². The summed E-state index contributed by atoms with van der Waals surface area (Å²) >= 11 is 0. The van der Waals surface area contributed by atoms with Crippen LogP contribution in [0.25, 0.3) is 10.9 Å². The molecule has 0 radical (unpaired) electrons. The highest BCUT2D eigenvalue weighted by molar-refractivity contribution is 5.99. The number of aromatic amines is 1. The zero-order chi connectivity index (χ0) is 26.2. The number of amides is 2. The number of H-pyrrole nitrogens is 1. The Kier molecular flexibility index (Phi) is 6.73. The molecule has 3 aliphatic rings. The number of nitrogens with zero attached hydrogens (tertiary/aromatic N) is 3. The molecule has 3 fully saturated rings. The lowest BCUT2D eigenvalue weighted by molar-refractivity contribution is -0.136. The summed E-state index contributed by atoms with van der Waals surface area (Å²) in [6.45, 7) is 6.88. The SMILES string of the molecule is O=C1CCC(n2[nH]c3c(OCc4ccc(CN5CC(N6CCOCC6)C5)cc4)cc(F)cc3c2=O)C(=O)N1. The first-order chi connectivity index (χ1) is 18.4. The molecule has 1 unspecified atom stereocenters. The first-order valence-corrected chi connectivity index (χ1v) is 13.0. The number of benzene rings is 2. The van der Waals surface area contributed by atoms with Gasteiger partial charge in [-0.2, -0.15) is 0 Å². The summed E-state index contributed by atoms with van der Waals surface area (Å²) < 4.78 is 26.9. The third-order valence-electron chi connectivity index (χ3n) is 7.59. The minimum Gasteiger partial charge on any atom is -0.487 e. The summed E-state index contributed by atoms with van der Waals surface area (Å²) in [6, 6.07) is 10.2. The van der Waals surface area contributed by atoms with E-state index in [0.717, 1.165) is 62.2 Å². The third-order valence-corrected chi connectivity index (χ3v) is 7.59. The highest BCUT2D eigenvalue weighted by atomic mass is 19.1. The fraction of sp³-hybridized carbons (Fsp3) is 0.444. The van der Waals surface area contributed by atoms with Gasteiger partial charge in [-0.25, -0.2) is 9.07 Å². The van der Waals surface area contributed by atoms with Crippen molar-refractivity contribution in [2.75, 3.05) is 39.4 Å². The fourth-order valence-electron chi connectivity index (χ4n) is 5.43. The lowest BCUT2D eigenvalue weighted by Gasteiger charge is -2.46. The maximum Gasteiger partial charge on any atom is 0.275 e. The van der Waals surface area contributed by atoms with E-state index in [1.54, 1.807) is 0 Å². The molecule has 3 aliphatic heterocycles. The summed E-state index contributed by atoms with van der Waals surface area (Å²) in [7, 11) is 0. The molecule has 200 valence electrons. The molecular weight excluding hydrogens is 493 g/mol. The number of hydrogen-bond acceptors (Lipinski definition) is 7. The zero-order valence-corrected chi connectivity index (χ0v) is 21.0. The number of rotatable bonds is 7. The normalized spacial score (nSPS) is 21.4. The van der Waals surface area contributed by atoms with Gasteiger partial charge in [-0.3, -0.25) is 34.6 Å². The van der Waals surface area contributed by atoms with Crippen LogP contribution in [0.4, 0.5) is 4.39 Å². The number of imide groups is 1. The number of carbonyl (C=O) groups excluding carboxylic acids is 2. The van der Waals surface area contributed by atoms with Crippen molar-refractivity contribution < 1.29 is 23.5 Å². The molecule has 0 spiro atoms. The van der Waals surface area contributed by atoms with Crippen LogP contribution in [0.3, 0.4) is 0 Å². The predicted molar refractivity (Wildman–Crippen MR) is 136 cm³/mol. The van der Waals surface area contributed by atoms with Crippen LogP contribution in [0.2, 0.25) is 0 Å². The molecule has 1 aromatic heterocycles. The highest BCUT2D eigenvalue weighted by Crippen LogP contribution is 2.27. The van der Waals surface area contributed by atoms with Crippen LogP contribution in [0.5, 0.6) is 5.75 Å². The van der Waals surface area contributed by atoms with E-state index in [-0.39, 0.29) is 36.5 Å². The molecule has 2 aromatic carbocycles. The number of hydrogen-bond donors (Lipinski definition) is 2. The van der Waals surface area contributed by atoms with Gasteiger partial charge in [-0.05, 0) is 23.6 Å². The summed E-state index contributed by atoms with van der Waals surface area (Å²) in [5.41, 5.74) is 1.90. The van der Waals surface area contributed by atoms with E-state index in [0.29, 0.717) is 11.6 Å². The molecule has 2 N–H and O–H groups in total. The second-order valence-electron chi connectivity index (χ2n) is 10.2. The van der Waals surface area contributed by atoms with Gasteiger partial charge in [0.1, 0.15) is 29.7 Å². The maximum atomic E-state index is 14.4. The van der Waals surface area contributed by atoms with Gasteiger partial charge < -0.3 is 9.47 Å². The lowest BCUT2D eigenvalue weighted by atomic mass is 10.0. The number of piperidine rings is 1. The van der Waals surface area contributed by atoms with E-state index in [1.165, 1.54) is 11.6 Å². The van der Waals surface area contributed by atoms with E-state index in [4.69, 9.17) is 9.47 Å². The van der Waals surface area contributed by atoms with Crippen molar-refractivity contribution in [1.29, 1.82) is 0 Å². The minimum atomic E-state index is -0.869. The molecule has 10 nitrogen and oxygen atoms in total. The van der Waals surface area contributed by atoms with Crippen LogP contribution in [0, 0.1) is 5.82 Å². The third kappa shape index (κ3) is 4.96. The molecule has 11 heteroatoms.